The van der Waals surface area contributed by atoms with Crippen LogP contribution in [0.15, 0.2) is 22.9 Å². The van der Waals surface area contributed by atoms with E-state index in [2.05, 4.69) is 4.98 Å². The van der Waals surface area contributed by atoms with E-state index in [1.807, 2.05) is 22.9 Å². The number of amides is 3. The van der Waals surface area contributed by atoms with Gasteiger partial charge in [-0.15, -0.1) is 22.7 Å². The van der Waals surface area contributed by atoms with Gasteiger partial charge in [0, 0.05) is 19.0 Å². The van der Waals surface area contributed by atoms with Gasteiger partial charge in [0.05, 0.1) is 17.1 Å². The molecule has 0 radical (unpaired) electrons. The summed E-state index contributed by atoms with van der Waals surface area (Å²) in [6.07, 6.45) is 1.48. The zero-order chi connectivity index (χ0) is 16.4. The molecule has 2 aromatic rings. The zero-order valence-electron chi connectivity index (χ0n) is 12.8. The highest BCUT2D eigenvalue weighted by molar-refractivity contribution is 7.20. The number of nitrogens with two attached hydrogens (primary N) is 1. The maximum Gasteiger partial charge on any atom is 0.315 e. The molecule has 0 spiro atoms. The second-order valence-corrected chi connectivity index (χ2v) is 7.31. The Morgan fingerprint density at radius 1 is 1.48 bits per heavy atom. The van der Waals surface area contributed by atoms with Crippen LogP contribution in [0.4, 0.5) is 4.79 Å². The van der Waals surface area contributed by atoms with Crippen LogP contribution in [0.5, 0.6) is 0 Å². The number of likely N-dealkylation sites (N-methyl/N-ethyl adjacent to an activating group) is 1. The first-order valence-electron chi connectivity index (χ1n) is 7.35. The van der Waals surface area contributed by atoms with Crippen LogP contribution in [0, 0.1) is 0 Å². The fourth-order valence-electron chi connectivity index (χ4n) is 2.76. The Bertz CT molecular complexity index is 698. The van der Waals surface area contributed by atoms with Crippen LogP contribution in [0.25, 0.3) is 9.88 Å². The Kier molecular flexibility index (Phi) is 4.63. The molecule has 2 aromatic heterocycles. The van der Waals surface area contributed by atoms with Gasteiger partial charge < -0.3 is 15.5 Å². The molecule has 122 valence electrons. The average molecular weight is 350 g/mol. The van der Waals surface area contributed by atoms with Gasteiger partial charge in [0.2, 0.25) is 5.91 Å². The number of carbonyl (C=O) groups is 2. The fourth-order valence-corrected chi connectivity index (χ4v) is 4.38. The number of aromatic nitrogens is 1. The summed E-state index contributed by atoms with van der Waals surface area (Å²) in [5.74, 6) is -0.0769. The van der Waals surface area contributed by atoms with Gasteiger partial charge in [-0.25, -0.2) is 9.78 Å². The monoisotopic (exact) mass is 350 g/mol. The number of hydrogen-bond acceptors (Lipinski definition) is 5. The van der Waals surface area contributed by atoms with Crippen LogP contribution in [0.3, 0.4) is 0 Å². The Balaban J connectivity index is 1.66. The molecular formula is C15H18N4O2S2. The van der Waals surface area contributed by atoms with Crippen molar-refractivity contribution in [2.75, 3.05) is 13.6 Å². The van der Waals surface area contributed by atoms with Crippen molar-refractivity contribution in [1.29, 1.82) is 0 Å². The number of thiazole rings is 1. The Morgan fingerprint density at radius 2 is 2.30 bits per heavy atom. The van der Waals surface area contributed by atoms with Crippen molar-refractivity contribution in [2.45, 2.75) is 25.4 Å². The Labute approximate surface area is 142 Å². The van der Waals surface area contributed by atoms with E-state index >= 15 is 0 Å². The minimum atomic E-state index is -0.525. The predicted octanol–water partition coefficient (Wildman–Crippen LogP) is 2.37. The number of urea groups is 1. The molecule has 1 fully saturated rings. The lowest BCUT2D eigenvalue weighted by molar-refractivity contribution is -0.134. The third-order valence-electron chi connectivity index (χ3n) is 3.88. The molecule has 0 bridgehead atoms. The number of nitrogens with zero attached hydrogens (tertiary/aromatic N) is 3. The van der Waals surface area contributed by atoms with Gasteiger partial charge in [-0.2, -0.15) is 0 Å². The zero-order valence-corrected chi connectivity index (χ0v) is 14.4. The van der Waals surface area contributed by atoms with Crippen LogP contribution < -0.4 is 5.73 Å². The summed E-state index contributed by atoms with van der Waals surface area (Å²) < 4.78 is 0. The second-order valence-electron chi connectivity index (χ2n) is 5.51. The molecule has 0 aromatic carbocycles. The minimum Gasteiger partial charge on any atom is -0.351 e. The van der Waals surface area contributed by atoms with Crippen LogP contribution in [0.1, 0.15) is 18.5 Å². The van der Waals surface area contributed by atoms with Crippen molar-refractivity contribution in [2.24, 2.45) is 5.73 Å². The van der Waals surface area contributed by atoms with E-state index in [1.165, 1.54) is 4.90 Å². The Morgan fingerprint density at radius 3 is 3.00 bits per heavy atom. The highest BCUT2D eigenvalue weighted by Crippen LogP contribution is 2.28. The third kappa shape index (κ3) is 3.37. The number of rotatable bonds is 4. The smallest absolute Gasteiger partial charge is 0.315 e. The summed E-state index contributed by atoms with van der Waals surface area (Å²) in [4.78, 5) is 32.7. The standard InChI is InChI=1S/C15H18N4O2S2/c1-18(14(20)11-4-2-6-19(11)15(16)21)8-10-9-23-13(17-10)12-5-3-7-22-12/h3,5,7,9,11H,2,4,6,8H2,1H3,(H2,16,21). The predicted molar refractivity (Wildman–Crippen MR) is 91.2 cm³/mol. The molecule has 23 heavy (non-hydrogen) atoms. The number of hydrogen-bond donors (Lipinski definition) is 1. The normalized spacial score (nSPS) is 17.4. The lowest BCUT2D eigenvalue weighted by atomic mass is 10.2. The van der Waals surface area contributed by atoms with Crippen LogP contribution in [-0.4, -0.2) is 46.4 Å². The lowest BCUT2D eigenvalue weighted by Gasteiger charge is -2.26. The van der Waals surface area contributed by atoms with Crippen LogP contribution in [-0.2, 0) is 11.3 Å². The first kappa shape index (κ1) is 15.9. The summed E-state index contributed by atoms with van der Waals surface area (Å²) in [7, 11) is 1.74. The van der Waals surface area contributed by atoms with Gasteiger partial charge in [0.25, 0.3) is 0 Å². The number of primary amides is 1. The van der Waals surface area contributed by atoms with Gasteiger partial charge in [0.15, 0.2) is 0 Å². The number of likely N-dealkylation sites (tertiary alicyclic amines) is 1. The second kappa shape index (κ2) is 6.67. The molecule has 3 rings (SSSR count). The van der Waals surface area contributed by atoms with E-state index in [-0.39, 0.29) is 5.91 Å². The molecule has 1 aliphatic heterocycles. The first-order chi connectivity index (χ1) is 11.1. The molecule has 1 saturated heterocycles. The number of thiophene rings is 1. The van der Waals surface area contributed by atoms with Crippen LogP contribution >= 0.6 is 22.7 Å². The quantitative estimate of drug-likeness (QED) is 0.919. The van der Waals surface area contributed by atoms with Crippen molar-refractivity contribution >= 4 is 34.6 Å². The first-order valence-corrected chi connectivity index (χ1v) is 9.11. The van der Waals surface area contributed by atoms with Crippen molar-refractivity contribution < 1.29 is 9.59 Å². The molecule has 1 aliphatic rings. The minimum absolute atomic E-state index is 0.0769. The Hall–Kier alpha value is -1.93. The highest BCUT2D eigenvalue weighted by atomic mass is 32.1. The highest BCUT2D eigenvalue weighted by Gasteiger charge is 2.34. The maximum absolute atomic E-state index is 12.6. The van der Waals surface area contributed by atoms with Gasteiger partial charge in [0.1, 0.15) is 11.0 Å². The molecule has 6 nitrogen and oxygen atoms in total. The average Bonchev–Trinajstić information content (AvgIpc) is 3.26. The fraction of sp³-hybridized carbons (Fsp3) is 0.400. The summed E-state index contributed by atoms with van der Waals surface area (Å²) in [5, 5.41) is 4.96. The molecule has 1 atom stereocenters. The molecular weight excluding hydrogens is 332 g/mol. The number of carbonyl (C=O) groups excluding carboxylic acids is 2. The van der Waals surface area contributed by atoms with Gasteiger partial charge >= 0.3 is 6.03 Å². The SMILES string of the molecule is CN(Cc1csc(-c2cccs2)n1)C(=O)C1CCCN1C(N)=O. The summed E-state index contributed by atoms with van der Waals surface area (Å²) in [5.41, 5.74) is 6.20. The lowest BCUT2D eigenvalue weighted by Crippen LogP contribution is -2.48. The van der Waals surface area contributed by atoms with Crippen molar-refractivity contribution in [3.05, 3.63) is 28.6 Å². The molecule has 8 heteroatoms. The van der Waals surface area contributed by atoms with E-state index in [1.54, 1.807) is 34.6 Å². The molecule has 2 N–H and O–H groups in total. The van der Waals surface area contributed by atoms with E-state index in [9.17, 15) is 9.59 Å². The van der Waals surface area contributed by atoms with Gasteiger partial charge in [-0.1, -0.05) is 6.07 Å². The van der Waals surface area contributed by atoms with Crippen LogP contribution in [0.2, 0.25) is 0 Å². The molecule has 0 saturated carbocycles. The molecule has 1 unspecified atom stereocenters. The van der Waals surface area contributed by atoms with Gasteiger partial charge in [-0.05, 0) is 24.3 Å². The molecule has 3 amide bonds. The third-order valence-corrected chi connectivity index (χ3v) is 5.81. The van der Waals surface area contributed by atoms with E-state index in [4.69, 9.17) is 5.73 Å². The van der Waals surface area contributed by atoms with Crippen molar-refractivity contribution in [3.8, 4) is 9.88 Å². The largest absolute Gasteiger partial charge is 0.351 e. The van der Waals surface area contributed by atoms with Crippen molar-refractivity contribution in [1.82, 2.24) is 14.8 Å². The van der Waals surface area contributed by atoms with Gasteiger partial charge in [-0.3, -0.25) is 4.79 Å². The summed E-state index contributed by atoms with van der Waals surface area (Å²) in [6, 6.07) is 3.07. The topological polar surface area (TPSA) is 79.5 Å². The molecule has 3 heterocycles. The molecule has 0 aliphatic carbocycles. The summed E-state index contributed by atoms with van der Waals surface area (Å²) in [6.45, 7) is 0.989. The van der Waals surface area contributed by atoms with E-state index < -0.39 is 12.1 Å². The van der Waals surface area contributed by atoms with E-state index in [0.29, 0.717) is 19.5 Å². The summed E-state index contributed by atoms with van der Waals surface area (Å²) >= 11 is 3.22. The van der Waals surface area contributed by atoms with E-state index in [0.717, 1.165) is 22.0 Å². The maximum atomic E-state index is 12.6. The van der Waals surface area contributed by atoms with Crippen molar-refractivity contribution in [3.63, 3.8) is 0 Å².